The molecule has 0 fully saturated rings. The Morgan fingerprint density at radius 3 is 3.00 bits per heavy atom. The molecule has 0 radical (unpaired) electrons. The Morgan fingerprint density at radius 1 is 1.43 bits per heavy atom. The van der Waals surface area contributed by atoms with Crippen LogP contribution in [-0.2, 0) is 0 Å². The highest BCUT2D eigenvalue weighted by atomic mass is 15.0. The van der Waals surface area contributed by atoms with E-state index in [1.807, 2.05) is 25.3 Å². The lowest BCUT2D eigenvalue weighted by Gasteiger charge is -2.11. The standard InChI is InChI=1S/C10H12N4/c1-8(10-12-5-6-13-10)14-9-3-2-4-11-7-9/h2-8,14H,1H3,(H,12,13). The van der Waals surface area contributed by atoms with E-state index in [0.29, 0.717) is 0 Å². The smallest absolute Gasteiger partial charge is 0.128 e. The first kappa shape index (κ1) is 8.74. The van der Waals surface area contributed by atoms with Gasteiger partial charge in [-0.25, -0.2) is 4.98 Å². The highest BCUT2D eigenvalue weighted by Gasteiger charge is 2.06. The summed E-state index contributed by atoms with van der Waals surface area (Å²) in [5.74, 6) is 0.925. The SMILES string of the molecule is CC(Nc1cccnc1)c1ncc[nH]1. The maximum Gasteiger partial charge on any atom is 0.128 e. The number of anilines is 1. The van der Waals surface area contributed by atoms with Crippen LogP contribution in [0.1, 0.15) is 18.8 Å². The average Bonchev–Trinajstić information content (AvgIpc) is 2.72. The lowest BCUT2D eigenvalue weighted by molar-refractivity contribution is 0.809. The molecular weight excluding hydrogens is 176 g/mol. The molecule has 72 valence electrons. The number of pyridine rings is 1. The van der Waals surface area contributed by atoms with Crippen molar-refractivity contribution in [3.63, 3.8) is 0 Å². The van der Waals surface area contributed by atoms with Gasteiger partial charge in [-0.05, 0) is 19.1 Å². The van der Waals surface area contributed by atoms with Crippen molar-refractivity contribution in [1.29, 1.82) is 0 Å². The number of nitrogens with one attached hydrogen (secondary N) is 2. The van der Waals surface area contributed by atoms with Crippen LogP contribution in [0, 0.1) is 0 Å². The van der Waals surface area contributed by atoms with Gasteiger partial charge in [-0.2, -0.15) is 0 Å². The number of H-pyrrole nitrogens is 1. The molecule has 1 unspecified atom stereocenters. The van der Waals surface area contributed by atoms with E-state index in [1.165, 1.54) is 0 Å². The van der Waals surface area contributed by atoms with Gasteiger partial charge in [0, 0.05) is 24.8 Å². The van der Waals surface area contributed by atoms with Crippen molar-refractivity contribution < 1.29 is 0 Å². The summed E-state index contributed by atoms with van der Waals surface area (Å²) in [6.07, 6.45) is 7.11. The van der Waals surface area contributed by atoms with E-state index < -0.39 is 0 Å². The van der Waals surface area contributed by atoms with Crippen LogP contribution in [0.5, 0.6) is 0 Å². The topological polar surface area (TPSA) is 53.6 Å². The fourth-order valence-corrected chi connectivity index (χ4v) is 1.28. The minimum absolute atomic E-state index is 0.161. The number of hydrogen-bond donors (Lipinski definition) is 2. The molecule has 0 spiro atoms. The van der Waals surface area contributed by atoms with Gasteiger partial charge < -0.3 is 10.3 Å². The molecule has 0 aliphatic carbocycles. The largest absolute Gasteiger partial charge is 0.374 e. The third-order valence-corrected chi connectivity index (χ3v) is 1.97. The zero-order chi connectivity index (χ0) is 9.80. The average molecular weight is 188 g/mol. The van der Waals surface area contributed by atoms with E-state index in [-0.39, 0.29) is 6.04 Å². The van der Waals surface area contributed by atoms with Crippen molar-refractivity contribution in [2.24, 2.45) is 0 Å². The van der Waals surface area contributed by atoms with E-state index in [1.54, 1.807) is 18.6 Å². The van der Waals surface area contributed by atoms with Crippen molar-refractivity contribution in [2.75, 3.05) is 5.32 Å². The molecule has 0 saturated carbocycles. The molecule has 2 rings (SSSR count). The first-order chi connectivity index (χ1) is 6.86. The van der Waals surface area contributed by atoms with Gasteiger partial charge in [0.1, 0.15) is 5.82 Å². The van der Waals surface area contributed by atoms with E-state index in [4.69, 9.17) is 0 Å². The summed E-state index contributed by atoms with van der Waals surface area (Å²) in [6, 6.07) is 4.04. The van der Waals surface area contributed by atoms with Gasteiger partial charge in [0.25, 0.3) is 0 Å². The molecule has 4 heteroatoms. The van der Waals surface area contributed by atoms with Gasteiger partial charge in [0.05, 0.1) is 11.7 Å². The molecule has 0 aliphatic rings. The van der Waals surface area contributed by atoms with Gasteiger partial charge >= 0.3 is 0 Å². The molecule has 14 heavy (non-hydrogen) atoms. The molecule has 0 aromatic carbocycles. The van der Waals surface area contributed by atoms with Crippen molar-refractivity contribution >= 4 is 5.69 Å². The molecule has 0 amide bonds. The summed E-state index contributed by atoms with van der Waals surface area (Å²) in [4.78, 5) is 11.3. The van der Waals surface area contributed by atoms with Crippen LogP contribution < -0.4 is 5.32 Å². The monoisotopic (exact) mass is 188 g/mol. The number of nitrogens with zero attached hydrogens (tertiary/aromatic N) is 2. The second kappa shape index (κ2) is 3.91. The maximum atomic E-state index is 4.17. The van der Waals surface area contributed by atoms with Crippen LogP contribution in [0.15, 0.2) is 36.9 Å². The van der Waals surface area contributed by atoms with Crippen LogP contribution in [0.3, 0.4) is 0 Å². The first-order valence-electron chi connectivity index (χ1n) is 4.52. The summed E-state index contributed by atoms with van der Waals surface area (Å²) >= 11 is 0. The summed E-state index contributed by atoms with van der Waals surface area (Å²) in [6.45, 7) is 2.05. The molecule has 2 heterocycles. The predicted molar refractivity (Wildman–Crippen MR) is 54.9 cm³/mol. The predicted octanol–water partition coefficient (Wildman–Crippen LogP) is 1.98. The Labute approximate surface area is 82.4 Å². The number of aromatic amines is 1. The zero-order valence-electron chi connectivity index (χ0n) is 7.94. The van der Waals surface area contributed by atoms with E-state index in [0.717, 1.165) is 11.5 Å². The third kappa shape index (κ3) is 1.90. The van der Waals surface area contributed by atoms with Gasteiger partial charge in [0.2, 0.25) is 0 Å². The minimum Gasteiger partial charge on any atom is -0.374 e. The van der Waals surface area contributed by atoms with Crippen molar-refractivity contribution in [3.8, 4) is 0 Å². The Morgan fingerprint density at radius 2 is 2.36 bits per heavy atom. The van der Waals surface area contributed by atoms with Crippen molar-refractivity contribution in [1.82, 2.24) is 15.0 Å². The molecule has 2 aromatic rings. The van der Waals surface area contributed by atoms with Crippen LogP contribution >= 0.6 is 0 Å². The van der Waals surface area contributed by atoms with E-state index >= 15 is 0 Å². The highest BCUT2D eigenvalue weighted by Crippen LogP contribution is 2.14. The van der Waals surface area contributed by atoms with Crippen molar-refractivity contribution in [2.45, 2.75) is 13.0 Å². The molecule has 4 nitrogen and oxygen atoms in total. The Kier molecular flexibility index (Phi) is 2.44. The normalized spacial score (nSPS) is 12.4. The fourth-order valence-electron chi connectivity index (χ4n) is 1.28. The van der Waals surface area contributed by atoms with Gasteiger partial charge in [0.15, 0.2) is 0 Å². The summed E-state index contributed by atoms with van der Waals surface area (Å²) in [5, 5.41) is 3.29. The molecule has 0 aliphatic heterocycles. The van der Waals surface area contributed by atoms with Gasteiger partial charge in [-0.15, -0.1) is 0 Å². The number of hydrogen-bond acceptors (Lipinski definition) is 3. The Balaban J connectivity index is 2.06. The summed E-state index contributed by atoms with van der Waals surface area (Å²) in [7, 11) is 0. The molecular formula is C10H12N4. The second-order valence-electron chi connectivity index (χ2n) is 3.08. The van der Waals surface area contributed by atoms with Crippen LogP contribution in [-0.4, -0.2) is 15.0 Å². The highest BCUT2D eigenvalue weighted by molar-refractivity contribution is 5.41. The zero-order valence-corrected chi connectivity index (χ0v) is 7.94. The second-order valence-corrected chi connectivity index (χ2v) is 3.08. The summed E-state index contributed by atoms with van der Waals surface area (Å²) < 4.78 is 0. The number of imidazole rings is 1. The number of rotatable bonds is 3. The molecule has 0 bridgehead atoms. The number of aromatic nitrogens is 3. The van der Waals surface area contributed by atoms with Gasteiger partial charge in [-0.3, -0.25) is 4.98 Å². The quantitative estimate of drug-likeness (QED) is 0.774. The van der Waals surface area contributed by atoms with E-state index in [9.17, 15) is 0 Å². The Hall–Kier alpha value is -1.84. The molecule has 1 atom stereocenters. The first-order valence-corrected chi connectivity index (χ1v) is 4.52. The Bertz CT molecular complexity index is 368. The lowest BCUT2D eigenvalue weighted by Crippen LogP contribution is -2.08. The molecule has 0 saturated heterocycles. The molecule has 2 aromatic heterocycles. The molecule has 2 N–H and O–H groups in total. The fraction of sp³-hybridized carbons (Fsp3) is 0.200. The van der Waals surface area contributed by atoms with Crippen LogP contribution in [0.4, 0.5) is 5.69 Å². The summed E-state index contributed by atoms with van der Waals surface area (Å²) in [5.41, 5.74) is 0.997. The minimum atomic E-state index is 0.161. The maximum absolute atomic E-state index is 4.17. The van der Waals surface area contributed by atoms with E-state index in [2.05, 4.69) is 20.3 Å². The lowest BCUT2D eigenvalue weighted by atomic mass is 10.3. The van der Waals surface area contributed by atoms with Crippen LogP contribution in [0.2, 0.25) is 0 Å². The third-order valence-electron chi connectivity index (χ3n) is 1.97. The van der Waals surface area contributed by atoms with Crippen LogP contribution in [0.25, 0.3) is 0 Å². The van der Waals surface area contributed by atoms with Crippen molar-refractivity contribution in [3.05, 3.63) is 42.7 Å². The van der Waals surface area contributed by atoms with Gasteiger partial charge in [-0.1, -0.05) is 0 Å².